The first kappa shape index (κ1) is 15.9. The number of nitrogens with two attached hydrogens (primary N) is 1. The molecule has 2 rings (SSSR count). The van der Waals surface area contributed by atoms with Crippen LogP contribution in [0.2, 0.25) is 0 Å². The topological polar surface area (TPSA) is 119 Å². The van der Waals surface area contributed by atoms with Crippen LogP contribution in [0.15, 0.2) is 33.4 Å². The van der Waals surface area contributed by atoms with Crippen LogP contribution in [0.25, 0.3) is 0 Å². The van der Waals surface area contributed by atoms with Gasteiger partial charge in [0.15, 0.2) is 9.34 Å². The summed E-state index contributed by atoms with van der Waals surface area (Å²) in [5.74, 6) is 0. The van der Waals surface area contributed by atoms with E-state index in [1.54, 1.807) is 12.1 Å². The fourth-order valence-corrected chi connectivity index (χ4v) is 4.68. The molecule has 0 radical (unpaired) electrons. The molecule has 3 N–H and O–H groups in total. The minimum atomic E-state index is -3.92. The van der Waals surface area contributed by atoms with Crippen LogP contribution in [-0.4, -0.2) is 21.8 Å². The third-order valence-corrected chi connectivity index (χ3v) is 6.68. The Morgan fingerprint density at radius 2 is 1.67 bits per heavy atom. The molecule has 0 aliphatic heterocycles. The number of thiazole rings is 1. The molecule has 0 atom stereocenters. The van der Waals surface area contributed by atoms with Crippen LogP contribution in [0.3, 0.4) is 0 Å². The molecule has 21 heavy (non-hydrogen) atoms. The quantitative estimate of drug-likeness (QED) is 0.861. The van der Waals surface area contributed by atoms with Crippen molar-refractivity contribution in [2.45, 2.75) is 23.0 Å². The average Bonchev–Trinajstić information content (AvgIpc) is 2.69. The van der Waals surface area contributed by atoms with E-state index in [0.717, 1.165) is 5.56 Å². The van der Waals surface area contributed by atoms with Gasteiger partial charge >= 0.3 is 0 Å². The molecule has 114 valence electrons. The number of sulfonamides is 2. The Kier molecular flexibility index (Phi) is 4.06. The monoisotopic (exact) mass is 347 g/mol. The summed E-state index contributed by atoms with van der Waals surface area (Å²) in [6, 6.07) is 6.24. The molecule has 0 bridgehead atoms. The highest BCUT2D eigenvalue weighted by Gasteiger charge is 2.21. The zero-order valence-corrected chi connectivity index (χ0v) is 13.6. The summed E-state index contributed by atoms with van der Waals surface area (Å²) >= 11 is 0.677. The number of anilines is 1. The van der Waals surface area contributed by atoms with Crippen molar-refractivity contribution in [1.82, 2.24) is 4.98 Å². The first-order valence-corrected chi connectivity index (χ1v) is 9.54. The number of nitrogens with one attached hydrogen (secondary N) is 1. The number of aromatic nitrogens is 1. The fourth-order valence-electron chi connectivity index (χ4n) is 1.58. The Morgan fingerprint density at radius 3 is 2.14 bits per heavy atom. The minimum Gasteiger partial charge on any atom is -0.255 e. The van der Waals surface area contributed by atoms with Crippen molar-refractivity contribution in [2.75, 3.05) is 4.72 Å². The van der Waals surface area contributed by atoms with Gasteiger partial charge in [-0.2, -0.15) is 0 Å². The predicted molar refractivity (Wildman–Crippen MR) is 80.2 cm³/mol. The van der Waals surface area contributed by atoms with Crippen molar-refractivity contribution in [3.8, 4) is 0 Å². The van der Waals surface area contributed by atoms with Crippen LogP contribution in [0.5, 0.6) is 0 Å². The summed E-state index contributed by atoms with van der Waals surface area (Å²) < 4.78 is 49.0. The number of hydrogen-bond donors (Lipinski definition) is 2. The number of primary sulfonamides is 1. The van der Waals surface area contributed by atoms with Crippen LogP contribution >= 0.6 is 11.3 Å². The summed E-state index contributed by atoms with van der Waals surface area (Å²) in [5.41, 5.74) is 1.08. The van der Waals surface area contributed by atoms with Crippen molar-refractivity contribution in [3.63, 3.8) is 0 Å². The summed E-state index contributed by atoms with van der Waals surface area (Å²) in [5, 5.41) is 4.98. The van der Waals surface area contributed by atoms with Crippen molar-refractivity contribution in [1.29, 1.82) is 0 Å². The van der Waals surface area contributed by atoms with Crippen molar-refractivity contribution in [2.24, 2.45) is 5.14 Å². The second kappa shape index (κ2) is 5.37. The van der Waals surface area contributed by atoms with Crippen LogP contribution in [0.1, 0.15) is 11.3 Å². The van der Waals surface area contributed by atoms with Gasteiger partial charge in [-0.15, -0.1) is 0 Å². The molecule has 0 aliphatic rings. The minimum absolute atomic E-state index is 0.0444. The smallest absolute Gasteiger partial charge is 0.255 e. The van der Waals surface area contributed by atoms with Crippen LogP contribution in [-0.2, 0) is 20.0 Å². The van der Waals surface area contributed by atoms with Gasteiger partial charge in [-0.05, 0) is 26.0 Å². The lowest BCUT2D eigenvalue weighted by Gasteiger charge is -2.05. The number of aryl methyl sites for hydroxylation is 2. The molecule has 0 fully saturated rings. The lowest BCUT2D eigenvalue weighted by atomic mass is 10.2. The lowest BCUT2D eigenvalue weighted by molar-refractivity contribution is 0.598. The molecule has 1 aromatic carbocycles. The van der Waals surface area contributed by atoms with E-state index in [0.29, 0.717) is 11.3 Å². The maximum Gasteiger partial charge on any atom is 0.263 e. The Hall–Kier alpha value is -1.49. The van der Waals surface area contributed by atoms with Crippen LogP contribution in [0.4, 0.5) is 5.13 Å². The van der Waals surface area contributed by atoms with E-state index in [-0.39, 0.29) is 19.9 Å². The first-order valence-electron chi connectivity index (χ1n) is 5.69. The van der Waals surface area contributed by atoms with Gasteiger partial charge in [-0.25, -0.2) is 27.0 Å². The molecular weight excluding hydrogens is 334 g/mol. The normalized spacial score (nSPS) is 12.3. The SMILES string of the molecule is Cc1ccc(S(=O)(=O)Nc2nc(C)c(S(N)(=O)=O)s2)cc1. The van der Waals surface area contributed by atoms with E-state index in [9.17, 15) is 16.8 Å². The van der Waals surface area contributed by atoms with Gasteiger partial charge in [0.1, 0.15) is 0 Å². The molecule has 7 nitrogen and oxygen atoms in total. The molecule has 0 amide bonds. The Bertz CT molecular complexity index is 868. The van der Waals surface area contributed by atoms with Gasteiger partial charge in [0, 0.05) is 0 Å². The summed E-state index contributed by atoms with van der Waals surface area (Å²) in [7, 11) is -7.73. The van der Waals surface area contributed by atoms with Crippen molar-refractivity contribution in [3.05, 3.63) is 35.5 Å². The molecule has 0 saturated carbocycles. The molecular formula is C11H13N3O4S3. The third-order valence-electron chi connectivity index (χ3n) is 2.57. The molecule has 0 spiro atoms. The third kappa shape index (κ3) is 3.59. The van der Waals surface area contributed by atoms with Gasteiger partial charge in [0.2, 0.25) is 10.0 Å². The van der Waals surface area contributed by atoms with E-state index < -0.39 is 20.0 Å². The molecule has 0 unspecified atom stereocenters. The van der Waals surface area contributed by atoms with Gasteiger partial charge in [-0.3, -0.25) is 4.72 Å². The highest BCUT2D eigenvalue weighted by atomic mass is 32.2. The van der Waals surface area contributed by atoms with Gasteiger partial charge < -0.3 is 0 Å². The highest BCUT2D eigenvalue weighted by Crippen LogP contribution is 2.27. The fraction of sp³-hybridized carbons (Fsp3) is 0.182. The molecule has 10 heteroatoms. The lowest BCUT2D eigenvalue weighted by Crippen LogP contribution is -2.12. The number of benzene rings is 1. The maximum absolute atomic E-state index is 12.2. The Balaban J connectivity index is 2.36. The molecule has 0 saturated heterocycles. The molecule has 1 aromatic heterocycles. The average molecular weight is 347 g/mol. The first-order chi connectivity index (χ1) is 9.59. The second-order valence-corrected chi connectivity index (χ2v) is 8.79. The summed E-state index contributed by atoms with van der Waals surface area (Å²) in [6.07, 6.45) is 0. The van der Waals surface area contributed by atoms with Gasteiger partial charge in [-0.1, -0.05) is 29.0 Å². The highest BCUT2D eigenvalue weighted by molar-refractivity contribution is 7.93. The van der Waals surface area contributed by atoms with E-state index >= 15 is 0 Å². The van der Waals surface area contributed by atoms with Gasteiger partial charge in [0.05, 0.1) is 10.6 Å². The molecule has 2 aromatic rings. The second-order valence-electron chi connectivity index (χ2n) is 4.36. The van der Waals surface area contributed by atoms with Gasteiger partial charge in [0.25, 0.3) is 10.0 Å². The summed E-state index contributed by atoms with van der Waals surface area (Å²) in [4.78, 5) is 3.94. The number of nitrogens with zero attached hydrogens (tertiary/aromatic N) is 1. The van der Waals surface area contributed by atoms with Crippen molar-refractivity contribution >= 4 is 36.5 Å². The standard InChI is InChI=1S/C11H13N3O4S3/c1-7-3-5-9(6-4-7)21(17,18)14-11-13-8(2)10(19-11)20(12,15)16/h3-6H,1-2H3,(H,13,14)(H2,12,15,16). The van der Waals surface area contributed by atoms with E-state index in [2.05, 4.69) is 9.71 Å². The zero-order chi connectivity index (χ0) is 15.8. The van der Waals surface area contributed by atoms with E-state index in [1.165, 1.54) is 19.1 Å². The molecule has 1 heterocycles. The van der Waals surface area contributed by atoms with Crippen molar-refractivity contribution < 1.29 is 16.8 Å². The van der Waals surface area contributed by atoms with E-state index in [1.807, 2.05) is 6.92 Å². The Labute approximate surface area is 126 Å². The predicted octanol–water partition coefficient (Wildman–Crippen LogP) is 1.21. The number of rotatable bonds is 4. The molecule has 0 aliphatic carbocycles. The number of hydrogen-bond acceptors (Lipinski definition) is 6. The maximum atomic E-state index is 12.2. The zero-order valence-electron chi connectivity index (χ0n) is 11.2. The summed E-state index contributed by atoms with van der Waals surface area (Å²) in [6.45, 7) is 3.28. The van der Waals surface area contributed by atoms with Crippen LogP contribution in [0, 0.1) is 13.8 Å². The Morgan fingerprint density at radius 1 is 1.10 bits per heavy atom. The van der Waals surface area contributed by atoms with E-state index in [4.69, 9.17) is 5.14 Å². The van der Waals surface area contributed by atoms with Crippen LogP contribution < -0.4 is 9.86 Å². The largest absolute Gasteiger partial charge is 0.263 e.